The molecule has 2 N–H and O–H groups in total. The van der Waals surface area contributed by atoms with Crippen LogP contribution < -0.4 is 5.32 Å². The lowest BCUT2D eigenvalue weighted by atomic mass is 10.2. The van der Waals surface area contributed by atoms with E-state index in [9.17, 15) is 13.0 Å². The molecule has 2 aromatic carbocycles. The number of hydrogen-bond donors (Lipinski definition) is 2. The van der Waals surface area contributed by atoms with Gasteiger partial charge in [0.2, 0.25) is 0 Å². The first kappa shape index (κ1) is 17.8. The van der Waals surface area contributed by atoms with Crippen molar-refractivity contribution in [3.8, 4) is 0 Å². The Morgan fingerprint density at radius 2 is 1.73 bits per heavy atom. The summed E-state index contributed by atoms with van der Waals surface area (Å²) in [5.74, 6) is 0.580. The molecule has 1 heterocycles. The monoisotopic (exact) mass is 367 g/mol. The number of anilines is 1. The van der Waals surface area contributed by atoms with Gasteiger partial charge in [-0.1, -0.05) is 48.5 Å². The summed E-state index contributed by atoms with van der Waals surface area (Å²) < 4.78 is 32.2. The Bertz CT molecular complexity index is 1020. The van der Waals surface area contributed by atoms with Crippen molar-refractivity contribution >= 4 is 27.8 Å². The van der Waals surface area contributed by atoms with Crippen molar-refractivity contribution in [1.29, 1.82) is 0 Å². The van der Waals surface area contributed by atoms with E-state index >= 15 is 0 Å². The van der Waals surface area contributed by atoms with Crippen molar-refractivity contribution in [1.82, 2.24) is 4.98 Å². The molecule has 0 amide bonds. The zero-order valence-electron chi connectivity index (χ0n) is 13.8. The summed E-state index contributed by atoms with van der Waals surface area (Å²) in [6.45, 7) is 0.585. The second-order valence-electron chi connectivity index (χ2n) is 5.48. The van der Waals surface area contributed by atoms with E-state index in [4.69, 9.17) is 0 Å². The Morgan fingerprint density at radius 1 is 1.00 bits per heavy atom. The van der Waals surface area contributed by atoms with E-state index in [0.717, 1.165) is 5.56 Å². The molecule has 0 radical (unpaired) electrons. The molecule has 0 spiro atoms. The SMILES string of the molecule is O=S(=O)(O)c1ccccc1C=Nc1cccnc1NCc1ccccc1. The number of aliphatic imine (C=N–C) groups is 1. The van der Waals surface area contributed by atoms with Crippen LogP contribution in [-0.2, 0) is 16.7 Å². The van der Waals surface area contributed by atoms with Crippen molar-refractivity contribution < 1.29 is 13.0 Å². The maximum absolute atomic E-state index is 11.5. The number of aromatic nitrogens is 1. The lowest BCUT2D eigenvalue weighted by molar-refractivity contribution is 0.483. The first-order valence-electron chi connectivity index (χ1n) is 7.87. The van der Waals surface area contributed by atoms with Gasteiger partial charge < -0.3 is 5.32 Å². The fraction of sp³-hybridized carbons (Fsp3) is 0.0526. The molecule has 0 fully saturated rings. The van der Waals surface area contributed by atoms with Gasteiger partial charge in [-0.3, -0.25) is 9.55 Å². The van der Waals surface area contributed by atoms with E-state index < -0.39 is 10.1 Å². The highest BCUT2D eigenvalue weighted by atomic mass is 32.2. The smallest absolute Gasteiger partial charge is 0.295 e. The van der Waals surface area contributed by atoms with Crippen LogP contribution in [0.3, 0.4) is 0 Å². The predicted octanol–water partition coefficient (Wildman–Crippen LogP) is 3.69. The maximum atomic E-state index is 11.5. The van der Waals surface area contributed by atoms with Crippen LogP contribution in [0.25, 0.3) is 0 Å². The second kappa shape index (κ2) is 7.90. The Labute approximate surface area is 152 Å². The molecule has 6 nitrogen and oxygen atoms in total. The molecule has 7 heteroatoms. The van der Waals surface area contributed by atoms with Crippen molar-refractivity contribution in [2.75, 3.05) is 5.32 Å². The van der Waals surface area contributed by atoms with Crippen LogP contribution >= 0.6 is 0 Å². The van der Waals surface area contributed by atoms with Crippen molar-refractivity contribution in [2.24, 2.45) is 4.99 Å². The third kappa shape index (κ3) is 4.53. The Balaban J connectivity index is 1.84. The van der Waals surface area contributed by atoms with E-state index in [1.54, 1.807) is 30.5 Å². The minimum absolute atomic E-state index is 0.188. The van der Waals surface area contributed by atoms with Gasteiger partial charge in [0.25, 0.3) is 10.1 Å². The van der Waals surface area contributed by atoms with Crippen LogP contribution in [-0.4, -0.2) is 24.2 Å². The molecule has 3 rings (SSSR count). The molecular weight excluding hydrogens is 350 g/mol. The van der Waals surface area contributed by atoms with Crippen LogP contribution in [0.15, 0.2) is 82.8 Å². The number of pyridine rings is 1. The summed E-state index contributed by atoms with van der Waals surface area (Å²) in [5, 5.41) is 3.22. The highest BCUT2D eigenvalue weighted by Crippen LogP contribution is 2.23. The van der Waals surface area contributed by atoms with E-state index in [0.29, 0.717) is 23.6 Å². The second-order valence-corrected chi connectivity index (χ2v) is 6.87. The van der Waals surface area contributed by atoms with Gasteiger partial charge in [-0.25, -0.2) is 4.98 Å². The number of benzene rings is 2. The normalized spacial score (nSPS) is 11.6. The van der Waals surface area contributed by atoms with Crippen LogP contribution in [0, 0.1) is 0 Å². The fourth-order valence-corrected chi connectivity index (χ4v) is 3.05. The molecule has 0 aliphatic heterocycles. The van der Waals surface area contributed by atoms with Gasteiger partial charge in [0.1, 0.15) is 10.6 Å². The number of nitrogens with one attached hydrogen (secondary N) is 1. The van der Waals surface area contributed by atoms with Crippen LogP contribution in [0.5, 0.6) is 0 Å². The van der Waals surface area contributed by atoms with Crippen LogP contribution in [0.4, 0.5) is 11.5 Å². The van der Waals surface area contributed by atoms with Gasteiger partial charge in [0.15, 0.2) is 5.82 Å². The number of nitrogens with zero attached hydrogens (tertiary/aromatic N) is 2. The zero-order valence-corrected chi connectivity index (χ0v) is 14.6. The minimum Gasteiger partial charge on any atom is -0.364 e. The van der Waals surface area contributed by atoms with Gasteiger partial charge in [-0.05, 0) is 23.8 Å². The van der Waals surface area contributed by atoms with E-state index in [1.165, 1.54) is 18.3 Å². The largest absolute Gasteiger partial charge is 0.364 e. The Hall–Kier alpha value is -3.03. The van der Waals surface area contributed by atoms with Gasteiger partial charge in [0, 0.05) is 24.5 Å². The van der Waals surface area contributed by atoms with Gasteiger partial charge >= 0.3 is 0 Å². The average Bonchev–Trinajstić information content (AvgIpc) is 2.65. The molecule has 0 saturated heterocycles. The number of hydrogen-bond acceptors (Lipinski definition) is 5. The quantitative estimate of drug-likeness (QED) is 0.512. The molecule has 0 aliphatic rings. The first-order chi connectivity index (χ1) is 12.5. The number of rotatable bonds is 6. The standard InChI is InChI=1S/C19H17N3O3S/c23-26(24,25)18-11-5-4-9-16(18)14-21-17-10-6-12-20-19(17)22-13-15-7-2-1-3-8-15/h1-12,14H,13H2,(H,20,22)(H,23,24,25). The van der Waals surface area contributed by atoms with E-state index in [1.807, 2.05) is 30.3 Å². The fourth-order valence-electron chi connectivity index (χ4n) is 2.38. The summed E-state index contributed by atoms with van der Waals surface area (Å²) in [5.41, 5.74) is 1.96. The summed E-state index contributed by atoms with van der Waals surface area (Å²) >= 11 is 0. The highest BCUT2D eigenvalue weighted by molar-refractivity contribution is 7.86. The molecule has 132 valence electrons. The molecule has 3 aromatic rings. The van der Waals surface area contributed by atoms with Gasteiger partial charge in [-0.2, -0.15) is 8.42 Å². The Morgan fingerprint density at radius 3 is 2.50 bits per heavy atom. The molecule has 26 heavy (non-hydrogen) atoms. The first-order valence-corrected chi connectivity index (χ1v) is 9.31. The van der Waals surface area contributed by atoms with Crippen LogP contribution in [0.2, 0.25) is 0 Å². The van der Waals surface area contributed by atoms with E-state index in [-0.39, 0.29) is 4.90 Å². The topological polar surface area (TPSA) is 91.7 Å². The van der Waals surface area contributed by atoms with Gasteiger partial charge in [0.05, 0.1) is 0 Å². The average molecular weight is 367 g/mol. The van der Waals surface area contributed by atoms with Gasteiger partial charge in [-0.15, -0.1) is 0 Å². The molecule has 0 saturated carbocycles. The zero-order chi connectivity index (χ0) is 18.4. The lowest BCUT2D eigenvalue weighted by Gasteiger charge is -2.08. The molecule has 0 aliphatic carbocycles. The molecule has 0 bridgehead atoms. The third-order valence-corrected chi connectivity index (χ3v) is 4.56. The molecule has 0 atom stereocenters. The molecular formula is C19H17N3O3S. The van der Waals surface area contributed by atoms with Crippen molar-refractivity contribution in [2.45, 2.75) is 11.4 Å². The summed E-state index contributed by atoms with van der Waals surface area (Å²) in [6, 6.07) is 19.5. The molecule has 1 aromatic heterocycles. The summed E-state index contributed by atoms with van der Waals surface area (Å²) in [6.07, 6.45) is 3.05. The predicted molar refractivity (Wildman–Crippen MR) is 102 cm³/mol. The lowest BCUT2D eigenvalue weighted by Crippen LogP contribution is -2.03. The minimum atomic E-state index is -4.32. The summed E-state index contributed by atoms with van der Waals surface area (Å²) in [7, 11) is -4.32. The van der Waals surface area contributed by atoms with E-state index in [2.05, 4.69) is 15.3 Å². The Kier molecular flexibility index (Phi) is 5.40. The third-order valence-electron chi connectivity index (χ3n) is 3.63. The highest BCUT2D eigenvalue weighted by Gasteiger charge is 2.13. The maximum Gasteiger partial charge on any atom is 0.295 e. The van der Waals surface area contributed by atoms with Crippen molar-refractivity contribution in [3.63, 3.8) is 0 Å². The van der Waals surface area contributed by atoms with Crippen molar-refractivity contribution in [3.05, 3.63) is 84.1 Å². The van der Waals surface area contributed by atoms with Crippen LogP contribution in [0.1, 0.15) is 11.1 Å². The summed E-state index contributed by atoms with van der Waals surface area (Å²) in [4.78, 5) is 8.43. The molecule has 0 unspecified atom stereocenters.